The molecule has 2 nitrogen and oxygen atoms in total. The number of rotatable bonds is 7. The van der Waals surface area contributed by atoms with Gasteiger partial charge in [0.25, 0.3) is 0 Å². The zero-order valence-corrected chi connectivity index (χ0v) is 15.7. The van der Waals surface area contributed by atoms with E-state index in [2.05, 4.69) is 11.7 Å². The summed E-state index contributed by atoms with van der Waals surface area (Å²) in [6.07, 6.45) is 6.73. The average molecular weight is 370 g/mol. The van der Waals surface area contributed by atoms with Crippen LogP contribution in [0.25, 0.3) is 0 Å². The summed E-state index contributed by atoms with van der Waals surface area (Å²) >= 11 is 1.44. The fourth-order valence-corrected chi connectivity index (χ4v) is 3.33. The molecule has 0 saturated carbocycles. The van der Waals surface area contributed by atoms with Gasteiger partial charge < -0.3 is 5.73 Å². The van der Waals surface area contributed by atoms with Gasteiger partial charge in [-0.05, 0) is 56.4 Å². The van der Waals surface area contributed by atoms with Crippen LogP contribution in [0.15, 0.2) is 61.9 Å². The number of hydrogen-bond donors (Lipinski definition) is 1. The molecule has 0 aliphatic heterocycles. The third-order valence-electron chi connectivity index (χ3n) is 4.00. The zero-order chi connectivity index (χ0) is 19.0. The molecule has 1 atom stereocenters. The summed E-state index contributed by atoms with van der Waals surface area (Å²) in [5, 5.41) is 0. The molecule has 1 aliphatic carbocycles. The van der Waals surface area contributed by atoms with Gasteiger partial charge in [-0.15, -0.1) is 0 Å². The number of allylic oxidation sites excluding steroid dienone is 7. The van der Waals surface area contributed by atoms with E-state index in [9.17, 15) is 13.2 Å². The molecule has 1 rings (SSSR count). The Bertz CT molecular complexity index is 638. The van der Waals surface area contributed by atoms with Gasteiger partial charge in [-0.3, -0.25) is 4.99 Å². The summed E-state index contributed by atoms with van der Waals surface area (Å²) in [5.74, 6) is 0. The molecule has 138 valence electrons. The number of nitrogens with zero attached hydrogens (tertiary/aromatic N) is 1. The molecule has 1 aliphatic rings. The largest absolute Gasteiger partial charge is 0.412 e. The summed E-state index contributed by atoms with van der Waals surface area (Å²) in [7, 11) is 0. The highest BCUT2D eigenvalue weighted by Crippen LogP contribution is 2.37. The first-order chi connectivity index (χ1) is 11.7. The summed E-state index contributed by atoms with van der Waals surface area (Å²) in [6.45, 7) is 8.47. The van der Waals surface area contributed by atoms with Crippen molar-refractivity contribution in [1.82, 2.24) is 0 Å². The fourth-order valence-electron chi connectivity index (χ4n) is 2.24. The Hall–Kier alpha value is -1.53. The van der Waals surface area contributed by atoms with E-state index in [-0.39, 0.29) is 5.57 Å². The van der Waals surface area contributed by atoms with Gasteiger partial charge in [0, 0.05) is 10.5 Å². The number of hydrogen-bond acceptors (Lipinski definition) is 3. The first-order valence-electron chi connectivity index (χ1n) is 8.02. The predicted octanol–water partition coefficient (Wildman–Crippen LogP) is 5.71. The number of aliphatic imine (C=N–C) groups is 1. The van der Waals surface area contributed by atoms with Gasteiger partial charge in [0.2, 0.25) is 0 Å². The van der Waals surface area contributed by atoms with E-state index in [1.807, 2.05) is 25.2 Å². The van der Waals surface area contributed by atoms with Crippen molar-refractivity contribution in [1.29, 1.82) is 0 Å². The van der Waals surface area contributed by atoms with Gasteiger partial charge in [0.1, 0.15) is 0 Å². The van der Waals surface area contributed by atoms with Crippen LogP contribution in [0.5, 0.6) is 0 Å². The van der Waals surface area contributed by atoms with E-state index in [1.165, 1.54) is 24.3 Å². The molecule has 1 unspecified atom stereocenters. The van der Waals surface area contributed by atoms with Gasteiger partial charge in [0.15, 0.2) is 0 Å². The summed E-state index contributed by atoms with van der Waals surface area (Å²) in [4.78, 5) is 5.65. The number of alkyl halides is 3. The topological polar surface area (TPSA) is 38.4 Å². The monoisotopic (exact) mass is 370 g/mol. The van der Waals surface area contributed by atoms with Crippen LogP contribution in [0.3, 0.4) is 0 Å². The van der Waals surface area contributed by atoms with Crippen molar-refractivity contribution >= 4 is 18.5 Å². The van der Waals surface area contributed by atoms with Crippen molar-refractivity contribution in [3.8, 4) is 0 Å². The number of nitrogens with two attached hydrogens (primary N) is 1. The Kier molecular flexibility index (Phi) is 8.45. The lowest BCUT2D eigenvalue weighted by Crippen LogP contribution is -2.26. The molecule has 0 bridgehead atoms. The van der Waals surface area contributed by atoms with Gasteiger partial charge >= 0.3 is 6.18 Å². The molecule has 6 heteroatoms. The Morgan fingerprint density at radius 2 is 2.04 bits per heavy atom. The van der Waals surface area contributed by atoms with Crippen molar-refractivity contribution in [2.24, 2.45) is 10.7 Å². The van der Waals surface area contributed by atoms with Crippen LogP contribution in [-0.4, -0.2) is 25.5 Å². The highest BCUT2D eigenvalue weighted by Gasteiger charge is 2.33. The third-order valence-corrected chi connectivity index (χ3v) is 5.23. The maximum absolute atomic E-state index is 13.0. The van der Waals surface area contributed by atoms with E-state index in [0.717, 1.165) is 24.7 Å². The maximum Gasteiger partial charge on any atom is 0.412 e. The van der Waals surface area contributed by atoms with E-state index in [1.54, 1.807) is 12.2 Å². The van der Waals surface area contributed by atoms with Crippen molar-refractivity contribution in [3.63, 3.8) is 0 Å². The van der Waals surface area contributed by atoms with Crippen LogP contribution in [0.4, 0.5) is 13.2 Å². The molecule has 25 heavy (non-hydrogen) atoms. The van der Waals surface area contributed by atoms with Crippen LogP contribution in [0.1, 0.15) is 33.6 Å². The Morgan fingerprint density at radius 1 is 1.36 bits per heavy atom. The standard InChI is InChI=1S/C19H25F3N2S/c1-5-6-7-17(18(23)13(2)14(3)19(20,21)22)25-16-10-8-15(9-11-16)12-24-4/h5-8,10,18H,4,9,11-12,23H2,1-3H3/b6-5+,14-13+,17-7-. The first-order valence-corrected chi connectivity index (χ1v) is 8.84. The highest BCUT2D eigenvalue weighted by atomic mass is 32.2. The van der Waals surface area contributed by atoms with Crippen LogP contribution in [-0.2, 0) is 0 Å². The van der Waals surface area contributed by atoms with Crippen molar-refractivity contribution in [2.75, 3.05) is 6.54 Å². The number of halogens is 3. The van der Waals surface area contributed by atoms with Gasteiger partial charge in [0.05, 0.1) is 12.6 Å². The second kappa shape index (κ2) is 9.82. The minimum Gasteiger partial charge on any atom is -0.320 e. The molecular weight excluding hydrogens is 345 g/mol. The molecule has 0 spiro atoms. The molecule has 0 aromatic heterocycles. The molecule has 0 radical (unpaired) electrons. The second-order valence-corrected chi connectivity index (χ2v) is 7.02. The molecular formula is C19H25F3N2S. The Morgan fingerprint density at radius 3 is 2.52 bits per heavy atom. The van der Waals surface area contributed by atoms with Crippen LogP contribution in [0, 0.1) is 0 Å². The highest BCUT2D eigenvalue weighted by molar-refractivity contribution is 8.06. The van der Waals surface area contributed by atoms with E-state index < -0.39 is 17.8 Å². The van der Waals surface area contributed by atoms with Gasteiger partial charge in [-0.2, -0.15) is 13.2 Å². The zero-order valence-electron chi connectivity index (χ0n) is 14.9. The van der Waals surface area contributed by atoms with Crippen molar-refractivity contribution < 1.29 is 13.2 Å². The Balaban J connectivity index is 3.06. The summed E-state index contributed by atoms with van der Waals surface area (Å²) in [5.41, 5.74) is 6.85. The lowest BCUT2D eigenvalue weighted by atomic mass is 10.0. The summed E-state index contributed by atoms with van der Waals surface area (Å²) in [6, 6.07) is -0.788. The molecule has 0 aromatic carbocycles. The minimum atomic E-state index is -4.36. The maximum atomic E-state index is 13.0. The van der Waals surface area contributed by atoms with E-state index in [0.29, 0.717) is 11.4 Å². The third kappa shape index (κ3) is 6.71. The fraction of sp³-hybridized carbons (Fsp3) is 0.421. The molecule has 2 N–H and O–H groups in total. The van der Waals surface area contributed by atoms with Crippen LogP contribution < -0.4 is 5.73 Å². The predicted molar refractivity (Wildman–Crippen MR) is 103 cm³/mol. The quantitative estimate of drug-likeness (QED) is 0.354. The smallest absolute Gasteiger partial charge is 0.320 e. The lowest BCUT2D eigenvalue weighted by Gasteiger charge is -2.22. The summed E-state index contributed by atoms with van der Waals surface area (Å²) < 4.78 is 38.9. The van der Waals surface area contributed by atoms with Gasteiger partial charge in [-0.25, -0.2) is 0 Å². The lowest BCUT2D eigenvalue weighted by molar-refractivity contribution is -0.0923. The van der Waals surface area contributed by atoms with Crippen LogP contribution in [0.2, 0.25) is 0 Å². The SMILES string of the molecule is C=NCC1=CC=C(S/C(=C\C=C\C)C(N)/C(C)=C(\C)C(F)(F)F)CC1. The molecule has 0 amide bonds. The first kappa shape index (κ1) is 21.5. The molecule has 0 aromatic rings. The average Bonchev–Trinajstić information content (AvgIpc) is 2.57. The minimum absolute atomic E-state index is 0.138. The van der Waals surface area contributed by atoms with Crippen molar-refractivity contribution in [2.45, 2.75) is 45.8 Å². The van der Waals surface area contributed by atoms with Gasteiger partial charge in [-0.1, -0.05) is 42.1 Å². The molecule has 0 saturated heterocycles. The van der Waals surface area contributed by atoms with E-state index >= 15 is 0 Å². The Labute approximate surface area is 152 Å². The molecule has 0 heterocycles. The number of thioether (sulfide) groups is 1. The van der Waals surface area contributed by atoms with E-state index in [4.69, 9.17) is 5.73 Å². The normalized spacial score (nSPS) is 18.6. The second-order valence-electron chi connectivity index (χ2n) is 5.82. The van der Waals surface area contributed by atoms with Crippen LogP contribution >= 0.6 is 11.8 Å². The van der Waals surface area contributed by atoms with Crippen molar-refractivity contribution in [3.05, 3.63) is 56.9 Å². The molecule has 0 fully saturated rings.